The smallest absolute Gasteiger partial charge is 0.275 e. The number of hydrogen-bond acceptors (Lipinski definition) is 4. The summed E-state index contributed by atoms with van der Waals surface area (Å²) in [6, 6.07) is 11.3. The van der Waals surface area contributed by atoms with Crippen molar-refractivity contribution in [3.05, 3.63) is 58.2 Å². The number of nitrogens with zero attached hydrogens (tertiary/aromatic N) is 2. The molecule has 1 unspecified atom stereocenters. The van der Waals surface area contributed by atoms with Crippen LogP contribution in [0, 0.1) is 13.8 Å². The van der Waals surface area contributed by atoms with Crippen molar-refractivity contribution in [2.75, 3.05) is 19.7 Å². The predicted octanol–water partition coefficient (Wildman–Crippen LogP) is 3.88. The number of likely N-dealkylation sites (tertiary alicyclic amines) is 1. The van der Waals surface area contributed by atoms with Gasteiger partial charge in [-0.2, -0.15) is 5.10 Å². The van der Waals surface area contributed by atoms with Crippen LogP contribution in [0.25, 0.3) is 10.9 Å². The van der Waals surface area contributed by atoms with Crippen molar-refractivity contribution in [1.82, 2.24) is 15.1 Å². The fraction of sp³-hybridized carbons (Fsp3) is 0.364. The van der Waals surface area contributed by atoms with Crippen molar-refractivity contribution in [3.8, 4) is 5.75 Å². The van der Waals surface area contributed by atoms with E-state index in [9.17, 15) is 9.90 Å². The number of carbonyl (C=O) groups is 1. The van der Waals surface area contributed by atoms with Gasteiger partial charge in [0.2, 0.25) is 0 Å². The van der Waals surface area contributed by atoms with E-state index in [4.69, 9.17) is 16.3 Å². The fourth-order valence-corrected chi connectivity index (χ4v) is 4.00. The molecule has 1 aromatic heterocycles. The predicted molar refractivity (Wildman–Crippen MR) is 113 cm³/mol. The monoisotopic (exact) mass is 413 g/mol. The summed E-state index contributed by atoms with van der Waals surface area (Å²) in [4.78, 5) is 14.7. The molecule has 1 amide bonds. The van der Waals surface area contributed by atoms with Crippen LogP contribution in [-0.2, 0) is 0 Å². The molecule has 2 N–H and O–H groups in total. The number of para-hydroxylation sites is 1. The van der Waals surface area contributed by atoms with E-state index in [0.717, 1.165) is 27.1 Å². The van der Waals surface area contributed by atoms with E-state index in [2.05, 4.69) is 10.2 Å². The molecule has 1 aliphatic heterocycles. The number of aromatic nitrogens is 2. The minimum absolute atomic E-state index is 0.110. The van der Waals surface area contributed by atoms with Crippen molar-refractivity contribution in [2.24, 2.45) is 0 Å². The van der Waals surface area contributed by atoms with Gasteiger partial charge in [0.1, 0.15) is 18.0 Å². The molecule has 1 aliphatic rings. The first-order valence-corrected chi connectivity index (χ1v) is 10.1. The Kier molecular flexibility index (Phi) is 5.23. The SMILES string of the molecule is Cc1cc(OCC2(O)CCCN(C(=O)c3n[nH]c4ccccc34)C2)cc(C)c1Cl. The number of hydrogen-bond donors (Lipinski definition) is 2. The topological polar surface area (TPSA) is 78.5 Å². The Bertz CT molecular complexity index is 1040. The number of aliphatic hydroxyl groups is 1. The molecule has 0 spiro atoms. The molecule has 4 rings (SSSR count). The van der Waals surface area contributed by atoms with Gasteiger partial charge >= 0.3 is 0 Å². The number of benzene rings is 2. The van der Waals surface area contributed by atoms with E-state index in [0.29, 0.717) is 30.8 Å². The molecule has 1 atom stereocenters. The summed E-state index contributed by atoms with van der Waals surface area (Å²) in [5.41, 5.74) is 1.95. The van der Waals surface area contributed by atoms with E-state index in [-0.39, 0.29) is 19.1 Å². The molecule has 29 heavy (non-hydrogen) atoms. The van der Waals surface area contributed by atoms with Crippen LogP contribution in [0.5, 0.6) is 5.75 Å². The molecule has 0 radical (unpaired) electrons. The summed E-state index contributed by atoms with van der Waals surface area (Å²) in [7, 11) is 0. The number of aromatic amines is 1. The zero-order chi connectivity index (χ0) is 20.6. The number of β-amino-alcohol motifs (C(OH)–C–C–N with tert-alkyl or cyclic N) is 1. The highest BCUT2D eigenvalue weighted by Crippen LogP contribution is 2.29. The van der Waals surface area contributed by atoms with E-state index in [1.165, 1.54) is 0 Å². The van der Waals surface area contributed by atoms with E-state index < -0.39 is 5.60 Å². The van der Waals surface area contributed by atoms with Gasteiger partial charge in [0.05, 0.1) is 12.1 Å². The maximum absolute atomic E-state index is 13.0. The molecule has 6 nitrogen and oxygen atoms in total. The van der Waals surface area contributed by atoms with Gasteiger partial charge in [-0.05, 0) is 56.0 Å². The molecule has 0 saturated carbocycles. The zero-order valence-corrected chi connectivity index (χ0v) is 17.3. The molecule has 152 valence electrons. The lowest BCUT2D eigenvalue weighted by atomic mass is 9.93. The van der Waals surface area contributed by atoms with Crippen LogP contribution >= 0.6 is 11.6 Å². The number of H-pyrrole nitrogens is 1. The van der Waals surface area contributed by atoms with Gasteiger partial charge in [0, 0.05) is 17.0 Å². The van der Waals surface area contributed by atoms with Crippen molar-refractivity contribution in [1.29, 1.82) is 0 Å². The maximum atomic E-state index is 13.0. The third kappa shape index (κ3) is 3.95. The number of aryl methyl sites for hydroxylation is 2. The summed E-state index contributed by atoms with van der Waals surface area (Å²) in [5.74, 6) is 0.485. The van der Waals surface area contributed by atoms with Gasteiger partial charge in [-0.3, -0.25) is 9.89 Å². The minimum atomic E-state index is -1.11. The van der Waals surface area contributed by atoms with E-state index in [1.807, 2.05) is 50.2 Å². The quantitative estimate of drug-likeness (QED) is 0.680. The van der Waals surface area contributed by atoms with Gasteiger partial charge in [0.15, 0.2) is 5.69 Å². The molecule has 3 aromatic rings. The zero-order valence-electron chi connectivity index (χ0n) is 16.5. The van der Waals surface area contributed by atoms with Gasteiger partial charge < -0.3 is 14.7 Å². The lowest BCUT2D eigenvalue weighted by Gasteiger charge is -2.38. The molecule has 7 heteroatoms. The lowest BCUT2D eigenvalue weighted by Crippen LogP contribution is -2.53. The number of halogens is 1. The second-order valence-corrected chi connectivity index (χ2v) is 8.21. The van der Waals surface area contributed by atoms with Crippen molar-refractivity contribution >= 4 is 28.4 Å². The van der Waals surface area contributed by atoms with Crippen LogP contribution in [0.1, 0.15) is 34.5 Å². The molecule has 1 fully saturated rings. The summed E-state index contributed by atoms with van der Waals surface area (Å²) >= 11 is 6.21. The van der Waals surface area contributed by atoms with Gasteiger partial charge in [-0.1, -0.05) is 29.8 Å². The summed E-state index contributed by atoms with van der Waals surface area (Å²) < 4.78 is 5.89. The first-order valence-electron chi connectivity index (χ1n) is 9.71. The Labute approximate surface area is 174 Å². The van der Waals surface area contributed by atoms with Crippen molar-refractivity contribution < 1.29 is 14.6 Å². The van der Waals surface area contributed by atoms with Crippen LogP contribution in [0.4, 0.5) is 0 Å². The van der Waals surface area contributed by atoms with E-state index in [1.54, 1.807) is 4.90 Å². The molecule has 1 saturated heterocycles. The number of rotatable bonds is 4. The van der Waals surface area contributed by atoms with Crippen LogP contribution in [-0.4, -0.2) is 51.4 Å². The normalized spacial score (nSPS) is 19.5. The Morgan fingerprint density at radius 1 is 1.31 bits per heavy atom. The Morgan fingerprint density at radius 2 is 2.03 bits per heavy atom. The first kappa shape index (κ1) is 19.7. The fourth-order valence-electron chi connectivity index (χ4n) is 3.89. The van der Waals surface area contributed by atoms with Crippen molar-refractivity contribution in [3.63, 3.8) is 0 Å². The average Bonchev–Trinajstić information content (AvgIpc) is 3.14. The second kappa shape index (κ2) is 7.69. The second-order valence-electron chi connectivity index (χ2n) is 7.83. The molecule has 2 heterocycles. The maximum Gasteiger partial charge on any atom is 0.275 e. The van der Waals surface area contributed by atoms with Gasteiger partial charge in [-0.15, -0.1) is 0 Å². The van der Waals surface area contributed by atoms with E-state index >= 15 is 0 Å². The summed E-state index contributed by atoms with van der Waals surface area (Å²) in [5, 5.41) is 19.7. The highest BCUT2D eigenvalue weighted by molar-refractivity contribution is 6.32. The standard InChI is InChI=1S/C22H24ClN3O3/c1-14-10-16(11-15(2)19(14)23)29-13-22(28)8-5-9-26(12-22)21(27)20-17-6-3-4-7-18(17)24-25-20/h3-4,6-7,10-11,28H,5,8-9,12-13H2,1-2H3,(H,24,25). The molecular weight excluding hydrogens is 390 g/mol. The average molecular weight is 414 g/mol. The van der Waals surface area contributed by atoms with Gasteiger partial charge in [0.25, 0.3) is 5.91 Å². The third-order valence-electron chi connectivity index (χ3n) is 5.43. The summed E-state index contributed by atoms with van der Waals surface area (Å²) in [6.07, 6.45) is 1.27. The largest absolute Gasteiger partial charge is 0.491 e. The minimum Gasteiger partial charge on any atom is -0.491 e. The first-order chi connectivity index (χ1) is 13.9. The Hall–Kier alpha value is -2.57. The molecule has 2 aromatic carbocycles. The van der Waals surface area contributed by atoms with Crippen LogP contribution in [0.15, 0.2) is 36.4 Å². The number of fused-ring (bicyclic) bond motifs is 1. The van der Waals surface area contributed by atoms with Crippen LogP contribution in [0.3, 0.4) is 0 Å². The number of nitrogens with one attached hydrogen (secondary N) is 1. The molecular formula is C22H24ClN3O3. The highest BCUT2D eigenvalue weighted by Gasteiger charge is 2.37. The lowest BCUT2D eigenvalue weighted by molar-refractivity contribution is -0.0532. The van der Waals surface area contributed by atoms with Crippen LogP contribution in [0.2, 0.25) is 5.02 Å². The molecule has 0 aliphatic carbocycles. The van der Waals surface area contributed by atoms with Crippen LogP contribution < -0.4 is 4.74 Å². The number of piperidine rings is 1. The Morgan fingerprint density at radius 3 is 2.79 bits per heavy atom. The Balaban J connectivity index is 1.47. The number of amides is 1. The number of ether oxygens (including phenoxy) is 1. The summed E-state index contributed by atoms with van der Waals surface area (Å²) in [6.45, 7) is 4.75. The van der Waals surface area contributed by atoms with Gasteiger partial charge in [-0.25, -0.2) is 0 Å². The third-order valence-corrected chi connectivity index (χ3v) is 6.03. The molecule has 0 bridgehead atoms. The van der Waals surface area contributed by atoms with Crippen molar-refractivity contribution in [2.45, 2.75) is 32.3 Å². The highest BCUT2D eigenvalue weighted by atomic mass is 35.5. The number of carbonyl (C=O) groups excluding carboxylic acids is 1.